The molecule has 0 aliphatic carbocycles. The summed E-state index contributed by atoms with van der Waals surface area (Å²) in [6, 6.07) is 1.98. The molecule has 1 heterocycles. The average molecular weight is 250 g/mol. The van der Waals surface area contributed by atoms with Crippen molar-refractivity contribution in [2.75, 3.05) is 23.7 Å². The van der Waals surface area contributed by atoms with Crippen LogP contribution in [-0.4, -0.2) is 23.1 Å². The van der Waals surface area contributed by atoms with E-state index in [0.717, 1.165) is 43.4 Å². The third kappa shape index (κ3) is 4.51. The number of anilines is 2. The van der Waals surface area contributed by atoms with Gasteiger partial charge in [0.05, 0.1) is 0 Å². The Morgan fingerprint density at radius 3 is 2.17 bits per heavy atom. The van der Waals surface area contributed by atoms with E-state index in [2.05, 4.69) is 55.2 Å². The van der Waals surface area contributed by atoms with Gasteiger partial charge in [-0.2, -0.15) is 0 Å². The molecule has 18 heavy (non-hydrogen) atoms. The summed E-state index contributed by atoms with van der Waals surface area (Å²) in [5.41, 5.74) is 0.287. The second-order valence-electron chi connectivity index (χ2n) is 5.31. The van der Waals surface area contributed by atoms with E-state index in [0.29, 0.717) is 0 Å². The van der Waals surface area contributed by atoms with Crippen LogP contribution in [0.25, 0.3) is 0 Å². The quantitative estimate of drug-likeness (QED) is 0.779. The molecule has 0 aliphatic rings. The lowest BCUT2D eigenvalue weighted by Crippen LogP contribution is -2.22. The zero-order valence-electron chi connectivity index (χ0n) is 12.3. The molecule has 0 atom stereocenters. The summed E-state index contributed by atoms with van der Waals surface area (Å²) in [7, 11) is 0. The lowest BCUT2D eigenvalue weighted by atomic mass is 9.90. The van der Waals surface area contributed by atoms with Crippen molar-refractivity contribution in [1.29, 1.82) is 0 Å². The van der Waals surface area contributed by atoms with Crippen LogP contribution in [0.3, 0.4) is 0 Å². The van der Waals surface area contributed by atoms with Gasteiger partial charge in [-0.1, -0.05) is 27.7 Å². The normalized spacial score (nSPS) is 11.4. The van der Waals surface area contributed by atoms with E-state index < -0.39 is 0 Å². The SMILES string of the molecule is CCNc1cc(NCC(C)(C)CC)nc(CC)n1. The van der Waals surface area contributed by atoms with Crippen molar-refractivity contribution in [3.8, 4) is 0 Å². The largest absolute Gasteiger partial charge is 0.370 e. The Hall–Kier alpha value is -1.32. The molecular formula is C14H26N4. The van der Waals surface area contributed by atoms with Gasteiger partial charge in [0.25, 0.3) is 0 Å². The van der Waals surface area contributed by atoms with Gasteiger partial charge >= 0.3 is 0 Å². The van der Waals surface area contributed by atoms with Crippen LogP contribution in [-0.2, 0) is 6.42 Å². The van der Waals surface area contributed by atoms with E-state index in [1.165, 1.54) is 0 Å². The van der Waals surface area contributed by atoms with Crippen molar-refractivity contribution in [1.82, 2.24) is 9.97 Å². The lowest BCUT2D eigenvalue weighted by Gasteiger charge is -2.23. The van der Waals surface area contributed by atoms with E-state index in [4.69, 9.17) is 0 Å². The zero-order chi connectivity index (χ0) is 13.6. The van der Waals surface area contributed by atoms with E-state index in [9.17, 15) is 0 Å². The van der Waals surface area contributed by atoms with Crippen LogP contribution in [0.2, 0.25) is 0 Å². The minimum absolute atomic E-state index is 0.287. The summed E-state index contributed by atoms with van der Waals surface area (Å²) in [5.74, 6) is 2.70. The molecule has 0 amide bonds. The second-order valence-corrected chi connectivity index (χ2v) is 5.31. The first-order chi connectivity index (χ1) is 8.50. The van der Waals surface area contributed by atoms with Crippen LogP contribution >= 0.6 is 0 Å². The molecule has 0 saturated carbocycles. The maximum Gasteiger partial charge on any atom is 0.132 e. The summed E-state index contributed by atoms with van der Waals surface area (Å²) in [6.45, 7) is 12.7. The van der Waals surface area contributed by atoms with Gasteiger partial charge < -0.3 is 10.6 Å². The lowest BCUT2D eigenvalue weighted by molar-refractivity contribution is 0.376. The number of aromatic nitrogens is 2. The minimum atomic E-state index is 0.287. The summed E-state index contributed by atoms with van der Waals surface area (Å²) < 4.78 is 0. The molecule has 1 aromatic heterocycles. The summed E-state index contributed by atoms with van der Waals surface area (Å²) in [5, 5.41) is 6.66. The fourth-order valence-corrected chi connectivity index (χ4v) is 1.47. The highest BCUT2D eigenvalue weighted by atomic mass is 15.1. The van der Waals surface area contributed by atoms with E-state index >= 15 is 0 Å². The van der Waals surface area contributed by atoms with E-state index in [1.54, 1.807) is 0 Å². The van der Waals surface area contributed by atoms with Crippen LogP contribution in [0.4, 0.5) is 11.6 Å². The maximum atomic E-state index is 4.51. The molecule has 0 saturated heterocycles. The molecule has 1 rings (SSSR count). The molecule has 0 aliphatic heterocycles. The Kier molecular flexibility index (Phi) is 5.38. The molecule has 0 bridgehead atoms. The smallest absolute Gasteiger partial charge is 0.132 e. The molecule has 0 spiro atoms. The number of rotatable bonds is 7. The Balaban J connectivity index is 2.78. The number of hydrogen-bond acceptors (Lipinski definition) is 4. The van der Waals surface area contributed by atoms with Crippen LogP contribution in [0, 0.1) is 5.41 Å². The molecule has 102 valence electrons. The molecule has 0 fully saturated rings. The molecule has 4 heteroatoms. The first kappa shape index (κ1) is 14.7. The average Bonchev–Trinajstić information content (AvgIpc) is 2.37. The number of hydrogen-bond donors (Lipinski definition) is 2. The van der Waals surface area contributed by atoms with Crippen molar-refractivity contribution in [2.45, 2.75) is 47.5 Å². The van der Waals surface area contributed by atoms with Crippen molar-refractivity contribution in [3.63, 3.8) is 0 Å². The minimum Gasteiger partial charge on any atom is -0.370 e. The van der Waals surface area contributed by atoms with Gasteiger partial charge in [-0.05, 0) is 18.8 Å². The van der Waals surface area contributed by atoms with Crippen molar-refractivity contribution in [3.05, 3.63) is 11.9 Å². The zero-order valence-corrected chi connectivity index (χ0v) is 12.3. The Morgan fingerprint density at radius 2 is 1.67 bits per heavy atom. The number of nitrogens with one attached hydrogen (secondary N) is 2. The van der Waals surface area contributed by atoms with Crippen LogP contribution in [0.5, 0.6) is 0 Å². The van der Waals surface area contributed by atoms with Gasteiger partial charge in [-0.25, -0.2) is 9.97 Å². The number of nitrogens with zero attached hydrogens (tertiary/aromatic N) is 2. The van der Waals surface area contributed by atoms with E-state index in [-0.39, 0.29) is 5.41 Å². The third-order valence-corrected chi connectivity index (χ3v) is 3.15. The first-order valence-electron chi connectivity index (χ1n) is 6.86. The monoisotopic (exact) mass is 250 g/mol. The predicted octanol–water partition coefficient (Wildman–Crippen LogP) is 3.32. The van der Waals surface area contributed by atoms with Gasteiger partial charge in [0.2, 0.25) is 0 Å². The summed E-state index contributed by atoms with van der Waals surface area (Å²) in [4.78, 5) is 8.95. The van der Waals surface area contributed by atoms with Gasteiger partial charge in [-0.3, -0.25) is 0 Å². The van der Waals surface area contributed by atoms with Crippen LogP contribution in [0.1, 0.15) is 46.9 Å². The maximum absolute atomic E-state index is 4.51. The van der Waals surface area contributed by atoms with Crippen LogP contribution in [0.15, 0.2) is 6.07 Å². The highest BCUT2D eigenvalue weighted by Crippen LogP contribution is 2.20. The fraction of sp³-hybridized carbons (Fsp3) is 0.714. The first-order valence-corrected chi connectivity index (χ1v) is 6.86. The Morgan fingerprint density at radius 1 is 1.06 bits per heavy atom. The Bertz CT molecular complexity index is 374. The molecule has 0 radical (unpaired) electrons. The van der Waals surface area contributed by atoms with Crippen molar-refractivity contribution >= 4 is 11.6 Å². The van der Waals surface area contributed by atoms with Crippen LogP contribution < -0.4 is 10.6 Å². The van der Waals surface area contributed by atoms with Gasteiger partial charge in [-0.15, -0.1) is 0 Å². The molecule has 4 nitrogen and oxygen atoms in total. The predicted molar refractivity (Wildman–Crippen MR) is 78.1 cm³/mol. The topological polar surface area (TPSA) is 49.8 Å². The van der Waals surface area contributed by atoms with Crippen molar-refractivity contribution < 1.29 is 0 Å². The standard InChI is InChI=1S/C14H26N4/c1-6-11-17-12(15-8-3)9-13(18-11)16-10-14(4,5)7-2/h9H,6-8,10H2,1-5H3,(H2,15,16,17,18). The highest BCUT2D eigenvalue weighted by molar-refractivity contribution is 5.47. The molecule has 2 N–H and O–H groups in total. The fourth-order valence-electron chi connectivity index (χ4n) is 1.47. The van der Waals surface area contributed by atoms with E-state index in [1.807, 2.05) is 6.07 Å². The highest BCUT2D eigenvalue weighted by Gasteiger charge is 2.15. The van der Waals surface area contributed by atoms with Gasteiger partial charge in [0.15, 0.2) is 0 Å². The molecular weight excluding hydrogens is 224 g/mol. The van der Waals surface area contributed by atoms with Gasteiger partial charge in [0.1, 0.15) is 17.5 Å². The third-order valence-electron chi connectivity index (χ3n) is 3.15. The summed E-state index contributed by atoms with van der Waals surface area (Å²) >= 11 is 0. The molecule has 0 aromatic carbocycles. The Labute approximate surface area is 111 Å². The van der Waals surface area contributed by atoms with Gasteiger partial charge in [0, 0.05) is 25.6 Å². The van der Waals surface area contributed by atoms with Crippen molar-refractivity contribution in [2.24, 2.45) is 5.41 Å². The summed E-state index contributed by atoms with van der Waals surface area (Å²) in [6.07, 6.45) is 2.00. The molecule has 0 unspecified atom stereocenters. The second kappa shape index (κ2) is 6.57. The number of aryl methyl sites for hydroxylation is 1. The molecule has 1 aromatic rings.